The lowest BCUT2D eigenvalue weighted by Crippen LogP contribution is -2.36. The number of amides is 1. The molecule has 2 aliphatic rings. The molecule has 0 radical (unpaired) electrons. The number of carbonyl (C=O) groups excluding carboxylic acids is 1. The van der Waals surface area contributed by atoms with E-state index < -0.39 is 0 Å². The number of fused-ring (bicyclic) bond motifs is 1. The Kier molecular flexibility index (Phi) is 5.64. The van der Waals surface area contributed by atoms with E-state index in [1.165, 1.54) is 11.3 Å². The van der Waals surface area contributed by atoms with E-state index in [0.29, 0.717) is 33.1 Å². The van der Waals surface area contributed by atoms with Gasteiger partial charge in [-0.3, -0.25) is 24.0 Å². The second-order valence-corrected chi connectivity index (χ2v) is 9.97. The van der Waals surface area contributed by atoms with Gasteiger partial charge in [0.25, 0.3) is 11.5 Å². The van der Waals surface area contributed by atoms with Crippen LogP contribution in [0.3, 0.4) is 0 Å². The molecule has 0 atom stereocenters. The number of hydrogen-bond donors (Lipinski definition) is 0. The molecule has 168 valence electrons. The Morgan fingerprint density at radius 3 is 2.30 bits per heavy atom. The Balaban J connectivity index is 1.82. The van der Waals surface area contributed by atoms with Crippen LogP contribution < -0.4 is 24.6 Å². The van der Waals surface area contributed by atoms with Gasteiger partial charge in [0.05, 0.1) is 5.69 Å². The van der Waals surface area contributed by atoms with E-state index in [4.69, 9.17) is 12.2 Å². The van der Waals surface area contributed by atoms with Crippen molar-refractivity contribution in [2.45, 2.75) is 25.3 Å². The first-order valence-corrected chi connectivity index (χ1v) is 12.7. The number of nitrogens with zero attached hydrogens (tertiary/aromatic N) is 4. The topological polar surface area (TPSA) is 48.8 Å². The number of benzene rings is 2. The highest BCUT2D eigenvalue weighted by Gasteiger charge is 2.40. The summed E-state index contributed by atoms with van der Waals surface area (Å²) in [6, 6.07) is 17.7. The number of para-hydroxylation sites is 2. The maximum absolute atomic E-state index is 13.6. The average molecular weight is 495 g/mol. The van der Waals surface area contributed by atoms with Gasteiger partial charge in [0.2, 0.25) is 0 Å². The van der Waals surface area contributed by atoms with Crippen LogP contribution in [0, 0.1) is 0 Å². The van der Waals surface area contributed by atoms with Gasteiger partial charge in [-0.15, -0.1) is 11.3 Å². The number of likely N-dealkylation sites (N-methyl/N-ethyl adjacent to an activating group) is 1. The molecule has 0 bridgehead atoms. The number of thioether (sulfide) groups is 1. The van der Waals surface area contributed by atoms with E-state index >= 15 is 0 Å². The third-order valence-corrected chi connectivity index (χ3v) is 8.71. The van der Waals surface area contributed by atoms with Crippen molar-refractivity contribution in [3.05, 3.63) is 74.1 Å². The summed E-state index contributed by atoms with van der Waals surface area (Å²) >= 11 is 8.65. The summed E-state index contributed by atoms with van der Waals surface area (Å²) in [5.74, 6) is -0.179. The zero-order chi connectivity index (χ0) is 23.3. The van der Waals surface area contributed by atoms with Crippen molar-refractivity contribution >= 4 is 68.4 Å². The average Bonchev–Trinajstić information content (AvgIpc) is 3.42. The van der Waals surface area contributed by atoms with Crippen molar-refractivity contribution in [1.82, 2.24) is 9.47 Å². The molecular formula is C24H22N4O2S3. The highest BCUT2D eigenvalue weighted by molar-refractivity contribution is 8.08. The molecule has 5 rings (SSSR count). The molecule has 3 heterocycles. The number of thiazole rings is 1. The van der Waals surface area contributed by atoms with Crippen molar-refractivity contribution in [3.63, 3.8) is 0 Å². The fourth-order valence-corrected chi connectivity index (χ4v) is 7.07. The van der Waals surface area contributed by atoms with E-state index in [9.17, 15) is 9.59 Å². The van der Waals surface area contributed by atoms with Crippen LogP contribution in [0.1, 0.15) is 13.8 Å². The molecule has 2 aliphatic heterocycles. The number of anilines is 2. The van der Waals surface area contributed by atoms with Gasteiger partial charge >= 0.3 is 0 Å². The first-order valence-electron chi connectivity index (χ1n) is 10.7. The van der Waals surface area contributed by atoms with Crippen LogP contribution in [0.4, 0.5) is 11.4 Å². The minimum absolute atomic E-state index is 0.0890. The largest absolute Gasteiger partial charge is 0.337 e. The Morgan fingerprint density at radius 2 is 1.64 bits per heavy atom. The molecule has 6 nitrogen and oxygen atoms in total. The van der Waals surface area contributed by atoms with Gasteiger partial charge in [-0.1, -0.05) is 42.1 Å². The van der Waals surface area contributed by atoms with E-state index in [-0.39, 0.29) is 11.5 Å². The molecule has 1 amide bonds. The molecule has 0 aliphatic carbocycles. The number of carbonyl (C=O) groups is 1. The predicted octanol–water partition coefficient (Wildman–Crippen LogP) is 3.00. The van der Waals surface area contributed by atoms with E-state index in [0.717, 1.165) is 21.3 Å². The maximum atomic E-state index is 13.6. The fraction of sp³-hybridized carbons (Fsp3) is 0.208. The Hall–Kier alpha value is -2.88. The van der Waals surface area contributed by atoms with Gasteiger partial charge in [-0.2, -0.15) is 0 Å². The highest BCUT2D eigenvalue weighted by Crippen LogP contribution is 2.45. The lowest BCUT2D eigenvalue weighted by molar-refractivity contribution is -0.120. The van der Waals surface area contributed by atoms with Gasteiger partial charge in [0, 0.05) is 30.7 Å². The van der Waals surface area contributed by atoms with Crippen molar-refractivity contribution in [3.8, 4) is 0 Å². The molecule has 2 aromatic carbocycles. The molecule has 1 aromatic heterocycles. The van der Waals surface area contributed by atoms with Crippen LogP contribution in [0.15, 0.2) is 64.3 Å². The Labute approximate surface area is 205 Å². The lowest BCUT2D eigenvalue weighted by Gasteiger charge is -2.19. The summed E-state index contributed by atoms with van der Waals surface area (Å²) in [5, 5.41) is 1.31. The van der Waals surface area contributed by atoms with Crippen LogP contribution in [0.5, 0.6) is 0 Å². The SMILES string of the molecule is CCN1C(=O)/C(=c2/s/c(=C3/Sc4ccccc4N3C)c(=O)n2CC)N(c2ccccc2)C1=S. The third kappa shape index (κ3) is 3.34. The van der Waals surface area contributed by atoms with E-state index in [1.54, 1.807) is 26.1 Å². The summed E-state index contributed by atoms with van der Waals surface area (Å²) in [5.41, 5.74) is 2.23. The molecule has 1 fully saturated rings. The number of thiocarbonyl (C=S) groups is 1. The van der Waals surface area contributed by atoms with Crippen molar-refractivity contribution in [1.29, 1.82) is 0 Å². The highest BCUT2D eigenvalue weighted by atomic mass is 32.2. The smallest absolute Gasteiger partial charge is 0.280 e. The van der Waals surface area contributed by atoms with Crippen LogP contribution in [0.2, 0.25) is 0 Å². The summed E-state index contributed by atoms with van der Waals surface area (Å²) in [4.78, 5) is 33.6. The van der Waals surface area contributed by atoms with Crippen molar-refractivity contribution in [2.75, 3.05) is 23.4 Å². The minimum atomic E-state index is -0.179. The second kappa shape index (κ2) is 8.48. The van der Waals surface area contributed by atoms with Crippen LogP contribution in [-0.4, -0.2) is 34.1 Å². The fourth-order valence-electron chi connectivity index (χ4n) is 4.12. The molecule has 9 heteroatoms. The molecule has 0 unspecified atom stereocenters. The minimum Gasteiger partial charge on any atom is -0.337 e. The maximum Gasteiger partial charge on any atom is 0.280 e. The second-order valence-electron chi connectivity index (χ2n) is 7.57. The van der Waals surface area contributed by atoms with Gasteiger partial charge in [-0.05, 0) is 50.3 Å². The lowest BCUT2D eigenvalue weighted by atomic mass is 10.3. The molecule has 33 heavy (non-hydrogen) atoms. The van der Waals surface area contributed by atoms with Crippen LogP contribution in [0.25, 0.3) is 10.7 Å². The number of rotatable bonds is 3. The number of aromatic nitrogens is 1. The van der Waals surface area contributed by atoms with Crippen LogP contribution in [-0.2, 0) is 11.3 Å². The first kappa shape index (κ1) is 21.9. The molecule has 0 saturated carbocycles. The molecule has 0 spiro atoms. The summed E-state index contributed by atoms with van der Waals surface area (Å²) in [6.07, 6.45) is 0. The zero-order valence-corrected chi connectivity index (χ0v) is 20.9. The monoisotopic (exact) mass is 494 g/mol. The molecular weight excluding hydrogens is 472 g/mol. The van der Waals surface area contributed by atoms with Gasteiger partial charge < -0.3 is 4.90 Å². The van der Waals surface area contributed by atoms with Crippen LogP contribution >= 0.6 is 35.3 Å². The van der Waals surface area contributed by atoms with E-state index in [1.807, 2.05) is 69.4 Å². The van der Waals surface area contributed by atoms with E-state index in [2.05, 4.69) is 11.0 Å². The normalized spacial score (nSPS) is 19.1. The summed E-state index contributed by atoms with van der Waals surface area (Å²) in [6.45, 7) is 4.75. The number of hydrogen-bond acceptors (Lipinski definition) is 6. The Morgan fingerprint density at radius 1 is 0.939 bits per heavy atom. The van der Waals surface area contributed by atoms with Crippen molar-refractivity contribution < 1.29 is 4.79 Å². The van der Waals surface area contributed by atoms with Gasteiger partial charge in [0.15, 0.2) is 5.11 Å². The van der Waals surface area contributed by atoms with Gasteiger partial charge in [0.1, 0.15) is 19.9 Å². The van der Waals surface area contributed by atoms with Gasteiger partial charge in [-0.25, -0.2) is 0 Å². The summed E-state index contributed by atoms with van der Waals surface area (Å²) in [7, 11) is 1.97. The predicted molar refractivity (Wildman–Crippen MR) is 140 cm³/mol. The first-order chi connectivity index (χ1) is 16.0. The third-order valence-electron chi connectivity index (χ3n) is 5.76. The summed E-state index contributed by atoms with van der Waals surface area (Å²) < 4.78 is 2.95. The standard InChI is InChI=1S/C24H22N4O2S3/c1-4-26-21(30)19(23-25(3)16-13-9-10-14-17(16)32-23)33-22(26)18-20(29)27(5-2)24(31)28(18)15-11-7-6-8-12-15/h6-14H,4-5H2,1-3H3/b22-18-,23-19+. The molecule has 3 aromatic rings. The van der Waals surface area contributed by atoms with Crippen molar-refractivity contribution in [2.24, 2.45) is 0 Å². The molecule has 0 N–H and O–H groups in total. The Bertz CT molecular complexity index is 1460. The quantitative estimate of drug-likeness (QED) is 0.522. The molecule has 1 saturated heterocycles. The zero-order valence-electron chi connectivity index (χ0n) is 18.4.